The van der Waals surface area contributed by atoms with Crippen LogP contribution in [0, 0.1) is 6.92 Å². The van der Waals surface area contributed by atoms with Crippen LogP contribution in [-0.2, 0) is 0 Å². The van der Waals surface area contributed by atoms with Gasteiger partial charge in [0, 0.05) is 0 Å². The van der Waals surface area contributed by atoms with Gasteiger partial charge >= 0.3 is 0 Å². The SMILES string of the molecule is COc1ccc(-c2ccc(N)c(N)c2C)cc1. The molecule has 0 spiro atoms. The third-order valence-electron chi connectivity index (χ3n) is 2.95. The van der Waals surface area contributed by atoms with Crippen LogP contribution in [-0.4, -0.2) is 7.11 Å². The van der Waals surface area contributed by atoms with Crippen LogP contribution in [0.25, 0.3) is 11.1 Å². The van der Waals surface area contributed by atoms with Gasteiger partial charge in [-0.15, -0.1) is 0 Å². The fraction of sp³-hybridized carbons (Fsp3) is 0.143. The minimum atomic E-state index is 0.625. The Balaban J connectivity index is 2.49. The molecule has 0 aliphatic heterocycles. The number of ether oxygens (including phenoxy) is 1. The summed E-state index contributed by atoms with van der Waals surface area (Å²) in [6.07, 6.45) is 0. The highest BCUT2D eigenvalue weighted by molar-refractivity contribution is 5.79. The molecule has 4 N–H and O–H groups in total. The Morgan fingerprint density at radius 2 is 1.59 bits per heavy atom. The van der Waals surface area contributed by atoms with Gasteiger partial charge in [-0.2, -0.15) is 0 Å². The zero-order chi connectivity index (χ0) is 12.4. The minimum absolute atomic E-state index is 0.625. The first kappa shape index (κ1) is 11.3. The summed E-state index contributed by atoms with van der Waals surface area (Å²) in [5, 5.41) is 0. The molecule has 2 aromatic rings. The van der Waals surface area contributed by atoms with Gasteiger partial charge in [0.05, 0.1) is 18.5 Å². The molecule has 0 aliphatic rings. The normalized spacial score (nSPS) is 10.2. The second-order valence-electron chi connectivity index (χ2n) is 3.97. The van der Waals surface area contributed by atoms with Crippen molar-refractivity contribution in [2.75, 3.05) is 18.6 Å². The number of nitrogens with two attached hydrogens (primary N) is 2. The van der Waals surface area contributed by atoms with Crippen LogP contribution in [0.1, 0.15) is 5.56 Å². The van der Waals surface area contributed by atoms with Crippen molar-refractivity contribution in [1.82, 2.24) is 0 Å². The summed E-state index contributed by atoms with van der Waals surface area (Å²) in [6, 6.07) is 11.7. The van der Waals surface area contributed by atoms with E-state index in [2.05, 4.69) is 0 Å². The van der Waals surface area contributed by atoms with Crippen molar-refractivity contribution < 1.29 is 4.74 Å². The molecule has 0 aliphatic carbocycles. The van der Waals surface area contributed by atoms with Gasteiger partial charge in [-0.25, -0.2) is 0 Å². The number of hydrogen-bond donors (Lipinski definition) is 2. The van der Waals surface area contributed by atoms with Crippen molar-refractivity contribution in [3.63, 3.8) is 0 Å². The van der Waals surface area contributed by atoms with Crippen LogP contribution < -0.4 is 16.2 Å². The quantitative estimate of drug-likeness (QED) is 0.777. The first-order valence-corrected chi connectivity index (χ1v) is 5.42. The third kappa shape index (κ3) is 2.04. The lowest BCUT2D eigenvalue weighted by Crippen LogP contribution is -1.98. The monoisotopic (exact) mass is 228 g/mol. The zero-order valence-corrected chi connectivity index (χ0v) is 10.0. The summed E-state index contributed by atoms with van der Waals surface area (Å²) in [6.45, 7) is 1.98. The van der Waals surface area contributed by atoms with E-state index in [9.17, 15) is 0 Å². The summed E-state index contributed by atoms with van der Waals surface area (Å²) < 4.78 is 5.13. The van der Waals surface area contributed by atoms with E-state index in [4.69, 9.17) is 16.2 Å². The van der Waals surface area contributed by atoms with Crippen molar-refractivity contribution in [3.8, 4) is 16.9 Å². The van der Waals surface area contributed by atoms with Crippen molar-refractivity contribution >= 4 is 11.4 Å². The van der Waals surface area contributed by atoms with E-state index in [-0.39, 0.29) is 0 Å². The highest BCUT2D eigenvalue weighted by Crippen LogP contribution is 2.31. The van der Waals surface area contributed by atoms with Gasteiger partial charge in [-0.05, 0) is 41.8 Å². The average molecular weight is 228 g/mol. The van der Waals surface area contributed by atoms with Gasteiger partial charge in [-0.3, -0.25) is 0 Å². The number of hydrogen-bond acceptors (Lipinski definition) is 3. The molecule has 17 heavy (non-hydrogen) atoms. The number of methoxy groups -OCH3 is 1. The molecular weight excluding hydrogens is 212 g/mol. The van der Waals surface area contributed by atoms with E-state index in [1.807, 2.05) is 43.3 Å². The Bertz CT molecular complexity index is 533. The fourth-order valence-electron chi connectivity index (χ4n) is 1.83. The van der Waals surface area contributed by atoms with Gasteiger partial charge in [0.1, 0.15) is 5.75 Å². The highest BCUT2D eigenvalue weighted by atomic mass is 16.5. The van der Waals surface area contributed by atoms with Gasteiger partial charge in [0.15, 0.2) is 0 Å². The first-order valence-electron chi connectivity index (χ1n) is 5.42. The van der Waals surface area contributed by atoms with Crippen LogP contribution in [0.15, 0.2) is 36.4 Å². The lowest BCUT2D eigenvalue weighted by Gasteiger charge is -2.11. The summed E-state index contributed by atoms with van der Waals surface area (Å²) in [5.41, 5.74) is 16.2. The fourth-order valence-corrected chi connectivity index (χ4v) is 1.83. The number of benzene rings is 2. The predicted molar refractivity (Wildman–Crippen MR) is 72.0 cm³/mol. The molecule has 0 saturated carbocycles. The number of anilines is 2. The molecule has 0 aromatic heterocycles. The number of rotatable bonds is 2. The predicted octanol–water partition coefficient (Wildman–Crippen LogP) is 2.84. The molecule has 0 bridgehead atoms. The largest absolute Gasteiger partial charge is 0.497 e. The van der Waals surface area contributed by atoms with E-state index in [1.54, 1.807) is 7.11 Å². The summed E-state index contributed by atoms with van der Waals surface area (Å²) in [4.78, 5) is 0. The van der Waals surface area contributed by atoms with Crippen LogP contribution in [0.3, 0.4) is 0 Å². The molecule has 2 aromatic carbocycles. The van der Waals surface area contributed by atoms with Gasteiger partial charge in [-0.1, -0.05) is 18.2 Å². The topological polar surface area (TPSA) is 61.3 Å². The van der Waals surface area contributed by atoms with Crippen LogP contribution in [0.2, 0.25) is 0 Å². The van der Waals surface area contributed by atoms with E-state index >= 15 is 0 Å². The van der Waals surface area contributed by atoms with E-state index < -0.39 is 0 Å². The Kier molecular flexibility index (Phi) is 2.91. The molecule has 0 amide bonds. The van der Waals surface area contributed by atoms with E-state index in [0.29, 0.717) is 11.4 Å². The molecule has 0 atom stereocenters. The van der Waals surface area contributed by atoms with Crippen LogP contribution in [0.5, 0.6) is 5.75 Å². The Labute approximate surface area is 101 Å². The zero-order valence-electron chi connectivity index (χ0n) is 10.0. The smallest absolute Gasteiger partial charge is 0.118 e. The second-order valence-corrected chi connectivity index (χ2v) is 3.97. The van der Waals surface area contributed by atoms with Gasteiger partial charge < -0.3 is 16.2 Å². The van der Waals surface area contributed by atoms with Crippen LogP contribution in [0.4, 0.5) is 11.4 Å². The molecule has 88 valence electrons. The molecule has 0 unspecified atom stereocenters. The molecule has 3 nitrogen and oxygen atoms in total. The second kappa shape index (κ2) is 4.37. The van der Waals surface area contributed by atoms with E-state index in [0.717, 1.165) is 22.4 Å². The Hall–Kier alpha value is -2.16. The first-order chi connectivity index (χ1) is 8.13. The van der Waals surface area contributed by atoms with Gasteiger partial charge in [0.2, 0.25) is 0 Å². The molecule has 2 rings (SSSR count). The Morgan fingerprint density at radius 1 is 0.941 bits per heavy atom. The molecule has 0 saturated heterocycles. The van der Waals surface area contributed by atoms with Gasteiger partial charge in [0.25, 0.3) is 0 Å². The molecule has 0 fully saturated rings. The van der Waals surface area contributed by atoms with Crippen molar-refractivity contribution in [2.45, 2.75) is 6.92 Å². The maximum atomic E-state index is 5.93. The average Bonchev–Trinajstić information content (AvgIpc) is 2.36. The lowest BCUT2D eigenvalue weighted by atomic mass is 9.98. The van der Waals surface area contributed by atoms with Crippen molar-refractivity contribution in [3.05, 3.63) is 42.0 Å². The Morgan fingerprint density at radius 3 is 2.18 bits per heavy atom. The third-order valence-corrected chi connectivity index (χ3v) is 2.95. The van der Waals surface area contributed by atoms with E-state index in [1.165, 1.54) is 0 Å². The standard InChI is InChI=1S/C14H16N2O/c1-9-12(7-8-13(15)14(9)16)10-3-5-11(17-2)6-4-10/h3-8H,15-16H2,1-2H3. The summed E-state index contributed by atoms with van der Waals surface area (Å²) >= 11 is 0. The summed E-state index contributed by atoms with van der Waals surface area (Å²) in [7, 11) is 1.65. The minimum Gasteiger partial charge on any atom is -0.497 e. The van der Waals surface area contributed by atoms with Crippen molar-refractivity contribution in [2.24, 2.45) is 0 Å². The summed E-state index contributed by atoms with van der Waals surface area (Å²) in [5.74, 6) is 0.842. The maximum absolute atomic E-state index is 5.93. The van der Waals surface area contributed by atoms with Crippen LogP contribution >= 0.6 is 0 Å². The lowest BCUT2D eigenvalue weighted by molar-refractivity contribution is 0.415. The molecule has 0 heterocycles. The number of nitrogen functional groups attached to an aromatic ring is 2. The highest BCUT2D eigenvalue weighted by Gasteiger charge is 2.07. The molecule has 3 heteroatoms. The van der Waals surface area contributed by atoms with Crippen molar-refractivity contribution in [1.29, 1.82) is 0 Å². The maximum Gasteiger partial charge on any atom is 0.118 e. The molecular formula is C14H16N2O. The molecule has 0 radical (unpaired) electrons.